The van der Waals surface area contributed by atoms with Crippen molar-refractivity contribution in [1.82, 2.24) is 9.55 Å². The maximum Gasteiger partial charge on any atom is 0.338 e. The molecule has 0 aliphatic heterocycles. The lowest BCUT2D eigenvalue weighted by atomic mass is 10.1. The van der Waals surface area contributed by atoms with Gasteiger partial charge in [0.05, 0.1) is 25.0 Å². The molecule has 20 heavy (non-hydrogen) atoms. The highest BCUT2D eigenvalue weighted by Gasteiger charge is 2.16. The Morgan fingerprint density at radius 1 is 1.35 bits per heavy atom. The summed E-state index contributed by atoms with van der Waals surface area (Å²) in [5.41, 5.74) is 1.65. The highest BCUT2D eigenvalue weighted by molar-refractivity contribution is 5.89. The van der Waals surface area contributed by atoms with E-state index in [1.54, 1.807) is 31.8 Å². The Kier molecular flexibility index (Phi) is 4.90. The average Bonchev–Trinajstić information content (AvgIpc) is 2.92. The molecule has 0 aliphatic rings. The summed E-state index contributed by atoms with van der Waals surface area (Å²) in [7, 11) is 1.58. The number of hydrogen-bond acceptors (Lipinski definition) is 4. The second-order valence-corrected chi connectivity index (χ2v) is 4.61. The van der Waals surface area contributed by atoms with Gasteiger partial charge in [0.2, 0.25) is 0 Å². The zero-order valence-corrected chi connectivity index (χ0v) is 11.7. The molecule has 0 radical (unpaired) electrons. The predicted molar refractivity (Wildman–Crippen MR) is 74.5 cm³/mol. The zero-order valence-electron chi connectivity index (χ0n) is 11.7. The molecule has 2 aromatic rings. The minimum Gasteiger partial charge on any atom is -0.454 e. The van der Waals surface area contributed by atoms with Gasteiger partial charge in [0.15, 0.2) is 0 Å². The number of methoxy groups -OCH3 is 1. The Morgan fingerprint density at radius 2 is 2.10 bits per heavy atom. The summed E-state index contributed by atoms with van der Waals surface area (Å²) in [6.07, 6.45) is 4.85. The lowest BCUT2D eigenvalue weighted by Gasteiger charge is -2.17. The first-order valence-corrected chi connectivity index (χ1v) is 6.41. The molecule has 1 heterocycles. The van der Waals surface area contributed by atoms with Crippen LogP contribution >= 0.6 is 0 Å². The molecule has 5 heteroatoms. The number of aryl methyl sites for hydroxylation is 1. The van der Waals surface area contributed by atoms with E-state index in [1.807, 2.05) is 29.8 Å². The summed E-state index contributed by atoms with van der Waals surface area (Å²) < 4.78 is 12.4. The van der Waals surface area contributed by atoms with Crippen molar-refractivity contribution in [3.05, 3.63) is 54.1 Å². The van der Waals surface area contributed by atoms with Crippen LogP contribution in [0.5, 0.6) is 0 Å². The molecule has 0 saturated carbocycles. The number of nitrogens with zero attached hydrogens (tertiary/aromatic N) is 2. The lowest BCUT2D eigenvalue weighted by Crippen LogP contribution is -2.27. The molecule has 0 spiro atoms. The van der Waals surface area contributed by atoms with Crippen LogP contribution in [-0.2, 0) is 16.0 Å². The summed E-state index contributed by atoms with van der Waals surface area (Å²) in [6.45, 7) is 2.84. The third-order valence-electron chi connectivity index (χ3n) is 2.89. The molecular weight excluding hydrogens is 256 g/mol. The van der Waals surface area contributed by atoms with Gasteiger partial charge in [-0.05, 0) is 19.1 Å². The molecule has 0 fully saturated rings. The summed E-state index contributed by atoms with van der Waals surface area (Å²) in [5, 5.41) is 0. The summed E-state index contributed by atoms with van der Waals surface area (Å²) >= 11 is 0. The van der Waals surface area contributed by atoms with Crippen molar-refractivity contribution in [2.24, 2.45) is 0 Å². The van der Waals surface area contributed by atoms with Crippen LogP contribution in [0.15, 0.2) is 43.0 Å². The van der Waals surface area contributed by atoms with E-state index in [0.29, 0.717) is 18.7 Å². The van der Waals surface area contributed by atoms with Gasteiger partial charge in [0, 0.05) is 19.5 Å². The van der Waals surface area contributed by atoms with E-state index in [1.165, 1.54) is 0 Å². The normalized spacial score (nSPS) is 12.1. The van der Waals surface area contributed by atoms with E-state index in [2.05, 4.69) is 4.98 Å². The number of imidazole rings is 1. The van der Waals surface area contributed by atoms with Crippen LogP contribution in [0.2, 0.25) is 0 Å². The molecule has 2 rings (SSSR count). The molecule has 1 aromatic carbocycles. The first-order chi connectivity index (χ1) is 9.69. The summed E-state index contributed by atoms with van der Waals surface area (Å²) in [4.78, 5) is 16.0. The minimum absolute atomic E-state index is 0.341. The highest BCUT2D eigenvalue weighted by Crippen LogP contribution is 2.08. The second-order valence-electron chi connectivity index (χ2n) is 4.61. The van der Waals surface area contributed by atoms with Crippen molar-refractivity contribution in [2.75, 3.05) is 13.7 Å². The van der Waals surface area contributed by atoms with Crippen LogP contribution in [0.4, 0.5) is 0 Å². The lowest BCUT2D eigenvalue weighted by molar-refractivity contribution is 0.000271. The Balaban J connectivity index is 2.00. The fraction of sp³-hybridized carbons (Fsp3) is 0.333. The third kappa shape index (κ3) is 3.93. The van der Waals surface area contributed by atoms with Gasteiger partial charge in [-0.15, -0.1) is 0 Å². The molecule has 0 unspecified atom stereocenters. The van der Waals surface area contributed by atoms with E-state index >= 15 is 0 Å². The number of esters is 1. The van der Waals surface area contributed by atoms with Gasteiger partial charge in [-0.1, -0.05) is 17.7 Å². The molecular formula is C15H18N2O3. The Bertz CT molecular complexity index is 535. The fourth-order valence-corrected chi connectivity index (χ4v) is 1.85. The Morgan fingerprint density at radius 3 is 2.70 bits per heavy atom. The average molecular weight is 274 g/mol. The molecule has 0 N–H and O–H groups in total. The first-order valence-electron chi connectivity index (χ1n) is 6.41. The van der Waals surface area contributed by atoms with E-state index in [-0.39, 0.29) is 12.1 Å². The SMILES string of the molecule is COC[C@@H](Cn1ccnc1)OC(=O)c1ccc(C)cc1. The summed E-state index contributed by atoms with van der Waals surface area (Å²) in [5.74, 6) is -0.341. The maximum absolute atomic E-state index is 12.1. The number of ether oxygens (including phenoxy) is 2. The van der Waals surface area contributed by atoms with Crippen LogP contribution < -0.4 is 0 Å². The van der Waals surface area contributed by atoms with E-state index in [0.717, 1.165) is 5.56 Å². The number of aromatic nitrogens is 2. The molecule has 1 atom stereocenters. The molecule has 0 saturated heterocycles. The topological polar surface area (TPSA) is 53.4 Å². The van der Waals surface area contributed by atoms with Crippen molar-refractivity contribution in [3.8, 4) is 0 Å². The first kappa shape index (κ1) is 14.3. The standard InChI is InChI=1S/C15H18N2O3/c1-12-3-5-13(6-4-12)15(18)20-14(10-19-2)9-17-8-7-16-11-17/h3-8,11,14H,9-10H2,1-2H3/t14-/m1/s1. The van der Waals surface area contributed by atoms with Gasteiger partial charge >= 0.3 is 5.97 Å². The van der Waals surface area contributed by atoms with Gasteiger partial charge in [-0.25, -0.2) is 9.78 Å². The quantitative estimate of drug-likeness (QED) is 0.757. The van der Waals surface area contributed by atoms with Crippen LogP contribution in [0, 0.1) is 6.92 Å². The van der Waals surface area contributed by atoms with Gasteiger partial charge in [-0.3, -0.25) is 0 Å². The number of benzene rings is 1. The van der Waals surface area contributed by atoms with Crippen LogP contribution in [0.25, 0.3) is 0 Å². The van der Waals surface area contributed by atoms with Gasteiger partial charge in [0.25, 0.3) is 0 Å². The molecule has 106 valence electrons. The van der Waals surface area contributed by atoms with Crippen molar-refractivity contribution in [2.45, 2.75) is 19.6 Å². The number of rotatable bonds is 6. The van der Waals surface area contributed by atoms with Crippen LogP contribution in [-0.4, -0.2) is 35.3 Å². The molecule has 0 aliphatic carbocycles. The Labute approximate surface area is 118 Å². The van der Waals surface area contributed by atoms with Crippen LogP contribution in [0.3, 0.4) is 0 Å². The second kappa shape index (κ2) is 6.86. The van der Waals surface area contributed by atoms with Gasteiger partial charge in [-0.2, -0.15) is 0 Å². The number of hydrogen-bond donors (Lipinski definition) is 0. The van der Waals surface area contributed by atoms with Crippen molar-refractivity contribution in [3.63, 3.8) is 0 Å². The summed E-state index contributed by atoms with van der Waals surface area (Å²) in [6, 6.07) is 7.30. The van der Waals surface area contributed by atoms with E-state index in [4.69, 9.17) is 9.47 Å². The van der Waals surface area contributed by atoms with Crippen LogP contribution in [0.1, 0.15) is 15.9 Å². The number of carbonyl (C=O) groups is 1. The van der Waals surface area contributed by atoms with Crippen molar-refractivity contribution < 1.29 is 14.3 Å². The van der Waals surface area contributed by atoms with Gasteiger partial charge < -0.3 is 14.0 Å². The largest absolute Gasteiger partial charge is 0.454 e. The number of carbonyl (C=O) groups excluding carboxylic acids is 1. The molecule has 1 aromatic heterocycles. The molecule has 5 nitrogen and oxygen atoms in total. The zero-order chi connectivity index (χ0) is 14.4. The highest BCUT2D eigenvalue weighted by atomic mass is 16.6. The maximum atomic E-state index is 12.1. The van der Waals surface area contributed by atoms with Crippen molar-refractivity contribution >= 4 is 5.97 Å². The fourth-order valence-electron chi connectivity index (χ4n) is 1.85. The monoisotopic (exact) mass is 274 g/mol. The Hall–Kier alpha value is -2.14. The smallest absolute Gasteiger partial charge is 0.338 e. The minimum atomic E-state index is -0.344. The third-order valence-corrected chi connectivity index (χ3v) is 2.89. The predicted octanol–water partition coefficient (Wildman–Crippen LogP) is 2.06. The van der Waals surface area contributed by atoms with Gasteiger partial charge in [0.1, 0.15) is 6.10 Å². The molecule has 0 bridgehead atoms. The van der Waals surface area contributed by atoms with E-state index in [9.17, 15) is 4.79 Å². The van der Waals surface area contributed by atoms with Crippen molar-refractivity contribution in [1.29, 1.82) is 0 Å². The molecule has 0 amide bonds. The van der Waals surface area contributed by atoms with E-state index < -0.39 is 0 Å².